The van der Waals surface area contributed by atoms with E-state index >= 15 is 0 Å². The highest BCUT2D eigenvalue weighted by Gasteiger charge is 2.69. The van der Waals surface area contributed by atoms with E-state index in [2.05, 4.69) is 6.92 Å². The third-order valence-corrected chi connectivity index (χ3v) is 4.83. The van der Waals surface area contributed by atoms with Crippen LogP contribution in [0.2, 0.25) is 0 Å². The number of aliphatic hydroxyl groups is 1. The van der Waals surface area contributed by atoms with Crippen molar-refractivity contribution in [3.05, 3.63) is 0 Å². The van der Waals surface area contributed by atoms with Crippen LogP contribution in [0.5, 0.6) is 0 Å². The van der Waals surface area contributed by atoms with Crippen LogP contribution < -0.4 is 0 Å². The molecule has 0 bridgehead atoms. The summed E-state index contributed by atoms with van der Waals surface area (Å²) in [5.41, 5.74) is -4.59. The van der Waals surface area contributed by atoms with Crippen molar-refractivity contribution in [1.29, 1.82) is 0 Å². The summed E-state index contributed by atoms with van der Waals surface area (Å²) < 4.78 is 75.0. The van der Waals surface area contributed by atoms with E-state index in [0.29, 0.717) is 6.42 Å². The number of hydrogen-bond donors (Lipinski definition) is 1. The van der Waals surface area contributed by atoms with Crippen LogP contribution in [0.25, 0.3) is 0 Å². The summed E-state index contributed by atoms with van der Waals surface area (Å²) in [6, 6.07) is 0. The van der Waals surface area contributed by atoms with E-state index in [0.717, 1.165) is 25.7 Å². The topological polar surface area (TPSA) is 20.2 Å². The van der Waals surface area contributed by atoms with Gasteiger partial charge < -0.3 is 5.11 Å². The van der Waals surface area contributed by atoms with Crippen LogP contribution >= 0.6 is 0 Å². The Balaban J connectivity index is 3.64. The molecule has 7 heteroatoms. The van der Waals surface area contributed by atoms with Crippen molar-refractivity contribution >= 4 is 0 Å². The molecule has 0 heterocycles. The first-order valence-electron chi connectivity index (χ1n) is 9.92. The van der Waals surface area contributed by atoms with E-state index < -0.39 is 24.4 Å². The molecular formula is C19H34F6O. The van der Waals surface area contributed by atoms with Gasteiger partial charge in [-0.2, -0.15) is 26.3 Å². The van der Waals surface area contributed by atoms with Gasteiger partial charge in [0.25, 0.3) is 5.60 Å². The number of unbranched alkanes of at least 4 members (excludes halogenated alkanes) is 13. The molecule has 0 aliphatic rings. The smallest absolute Gasteiger partial charge is 0.374 e. The van der Waals surface area contributed by atoms with Gasteiger partial charge >= 0.3 is 12.4 Å². The van der Waals surface area contributed by atoms with Crippen LogP contribution in [-0.2, 0) is 0 Å². The van der Waals surface area contributed by atoms with E-state index in [-0.39, 0.29) is 12.8 Å². The van der Waals surface area contributed by atoms with Gasteiger partial charge in [-0.05, 0) is 12.8 Å². The monoisotopic (exact) mass is 392 g/mol. The fraction of sp³-hybridized carbons (Fsp3) is 1.00. The number of halogens is 6. The molecule has 0 fully saturated rings. The second kappa shape index (κ2) is 12.8. The summed E-state index contributed by atoms with van der Waals surface area (Å²) in [5, 5.41) is 9.03. The Kier molecular flexibility index (Phi) is 12.6. The molecule has 0 spiro atoms. The zero-order valence-electron chi connectivity index (χ0n) is 15.8. The summed E-state index contributed by atoms with van der Waals surface area (Å²) in [4.78, 5) is 0. The molecule has 158 valence electrons. The Labute approximate surface area is 153 Å². The number of alkyl halides is 6. The highest BCUT2D eigenvalue weighted by Crippen LogP contribution is 2.46. The van der Waals surface area contributed by atoms with Crippen molar-refractivity contribution in [2.24, 2.45) is 0 Å². The maximum atomic E-state index is 12.5. The minimum atomic E-state index is -5.69. The summed E-state index contributed by atoms with van der Waals surface area (Å²) in [6.45, 7) is 2.19. The molecule has 0 aromatic heterocycles. The molecular weight excluding hydrogens is 358 g/mol. The van der Waals surface area contributed by atoms with Crippen molar-refractivity contribution in [2.45, 2.75) is 121 Å². The minimum Gasteiger partial charge on any atom is -0.374 e. The lowest BCUT2D eigenvalue weighted by Gasteiger charge is -2.32. The zero-order valence-corrected chi connectivity index (χ0v) is 15.8. The normalized spacial score (nSPS) is 13.4. The van der Waals surface area contributed by atoms with Crippen molar-refractivity contribution in [1.82, 2.24) is 0 Å². The Morgan fingerprint density at radius 1 is 0.500 bits per heavy atom. The summed E-state index contributed by atoms with van der Waals surface area (Å²) >= 11 is 0. The van der Waals surface area contributed by atoms with Crippen molar-refractivity contribution < 1.29 is 31.4 Å². The first-order valence-corrected chi connectivity index (χ1v) is 9.92. The van der Waals surface area contributed by atoms with Gasteiger partial charge in [0.15, 0.2) is 0 Å². The lowest BCUT2D eigenvalue weighted by molar-refractivity contribution is -0.370. The van der Waals surface area contributed by atoms with Crippen LogP contribution in [0.3, 0.4) is 0 Å². The largest absolute Gasteiger partial charge is 0.426 e. The third-order valence-electron chi connectivity index (χ3n) is 4.83. The fourth-order valence-corrected chi connectivity index (χ4v) is 3.02. The molecule has 0 saturated carbocycles. The second-order valence-electron chi connectivity index (χ2n) is 7.20. The maximum absolute atomic E-state index is 12.5. The average Bonchev–Trinajstić information content (AvgIpc) is 2.52. The lowest BCUT2D eigenvalue weighted by atomic mass is 9.94. The molecule has 0 aromatic rings. The molecule has 0 aliphatic carbocycles. The first kappa shape index (κ1) is 25.5. The van der Waals surface area contributed by atoms with Gasteiger partial charge in [-0.25, -0.2) is 0 Å². The molecule has 26 heavy (non-hydrogen) atoms. The summed E-state index contributed by atoms with van der Waals surface area (Å²) in [5.74, 6) is 0. The molecule has 0 rings (SSSR count). The van der Waals surface area contributed by atoms with Gasteiger partial charge in [0.05, 0.1) is 0 Å². The molecule has 0 aliphatic heterocycles. The Hall–Kier alpha value is -0.460. The molecule has 0 atom stereocenters. The summed E-state index contributed by atoms with van der Waals surface area (Å²) in [6.07, 6.45) is 0.656. The molecule has 0 saturated heterocycles. The average molecular weight is 392 g/mol. The van der Waals surface area contributed by atoms with Gasteiger partial charge in [-0.15, -0.1) is 0 Å². The highest BCUT2D eigenvalue weighted by molar-refractivity contribution is 4.93. The molecule has 1 nitrogen and oxygen atoms in total. The van der Waals surface area contributed by atoms with Crippen LogP contribution in [0.1, 0.15) is 103 Å². The van der Waals surface area contributed by atoms with E-state index in [1.54, 1.807) is 0 Å². The van der Waals surface area contributed by atoms with Crippen LogP contribution in [0.4, 0.5) is 26.3 Å². The van der Waals surface area contributed by atoms with Gasteiger partial charge in [0.2, 0.25) is 0 Å². The summed E-state index contributed by atoms with van der Waals surface area (Å²) in [7, 11) is 0. The Morgan fingerprint density at radius 2 is 0.769 bits per heavy atom. The number of rotatable bonds is 15. The molecule has 0 amide bonds. The first-order chi connectivity index (χ1) is 12.1. The maximum Gasteiger partial charge on any atom is 0.426 e. The predicted molar refractivity (Wildman–Crippen MR) is 92.0 cm³/mol. The highest BCUT2D eigenvalue weighted by atomic mass is 19.4. The third kappa shape index (κ3) is 10.0. The lowest BCUT2D eigenvalue weighted by Crippen LogP contribution is -2.56. The molecule has 1 N–H and O–H groups in total. The van der Waals surface area contributed by atoms with Crippen LogP contribution in [0, 0.1) is 0 Å². The van der Waals surface area contributed by atoms with Gasteiger partial charge in [0.1, 0.15) is 0 Å². The van der Waals surface area contributed by atoms with E-state index in [4.69, 9.17) is 5.11 Å². The van der Waals surface area contributed by atoms with Crippen LogP contribution in [-0.4, -0.2) is 23.1 Å². The Bertz CT molecular complexity index is 324. The minimum absolute atomic E-state index is 0.270. The SMILES string of the molecule is CCCCCCCCCCCCCCCCC(O)(C(F)(F)F)C(F)(F)F. The van der Waals surface area contributed by atoms with Gasteiger partial charge in [0, 0.05) is 0 Å². The second-order valence-corrected chi connectivity index (χ2v) is 7.20. The van der Waals surface area contributed by atoms with E-state index in [9.17, 15) is 26.3 Å². The molecule has 0 aromatic carbocycles. The van der Waals surface area contributed by atoms with Gasteiger partial charge in [-0.3, -0.25) is 0 Å². The van der Waals surface area contributed by atoms with Crippen molar-refractivity contribution in [2.75, 3.05) is 0 Å². The van der Waals surface area contributed by atoms with E-state index in [1.807, 2.05) is 0 Å². The standard InChI is InChI=1S/C19H34F6O/c1-2-3-4-5-6-7-8-9-10-11-12-13-14-15-16-17(26,18(20,21)22)19(23,24)25/h26H,2-16H2,1H3. The van der Waals surface area contributed by atoms with Crippen molar-refractivity contribution in [3.63, 3.8) is 0 Å². The molecule has 0 unspecified atom stereocenters. The van der Waals surface area contributed by atoms with E-state index in [1.165, 1.54) is 44.9 Å². The Morgan fingerprint density at radius 3 is 1.04 bits per heavy atom. The van der Waals surface area contributed by atoms with Gasteiger partial charge in [-0.1, -0.05) is 90.4 Å². The van der Waals surface area contributed by atoms with Crippen molar-refractivity contribution in [3.8, 4) is 0 Å². The molecule has 0 radical (unpaired) electrons. The fourth-order valence-electron chi connectivity index (χ4n) is 3.02. The number of hydrogen-bond acceptors (Lipinski definition) is 1. The van der Waals surface area contributed by atoms with Crippen LogP contribution in [0.15, 0.2) is 0 Å². The predicted octanol–water partition coefficient (Wildman–Crippen LogP) is 7.71. The zero-order chi connectivity index (χ0) is 20.1. The quantitative estimate of drug-likeness (QED) is 0.223.